The Kier molecular flexibility index (Phi) is 4.41. The summed E-state index contributed by atoms with van der Waals surface area (Å²) in [6.07, 6.45) is -2.95. The van der Waals surface area contributed by atoms with Gasteiger partial charge in [0, 0.05) is 0 Å². The van der Waals surface area contributed by atoms with Crippen LogP contribution in [0.4, 0.5) is 8.78 Å². The summed E-state index contributed by atoms with van der Waals surface area (Å²) in [4.78, 5) is 10.8. The maximum Gasteiger partial charge on any atom is 0.377 e. The van der Waals surface area contributed by atoms with E-state index in [2.05, 4.69) is 0 Å². The number of aliphatic carboxylic acids is 1. The van der Waals surface area contributed by atoms with Crippen LogP contribution < -0.4 is 0 Å². The molecule has 1 rings (SSSR count). The van der Waals surface area contributed by atoms with Gasteiger partial charge in [0.15, 0.2) is 14.1 Å². The van der Waals surface area contributed by atoms with Crippen molar-refractivity contribution in [3.05, 3.63) is 0 Å². The lowest BCUT2D eigenvalue weighted by molar-refractivity contribution is -0.202. The molecule has 0 amide bonds. The van der Waals surface area contributed by atoms with Crippen LogP contribution in [0.2, 0.25) is 19.6 Å². The molecule has 1 saturated heterocycles. The molecule has 0 unspecified atom stereocenters. The van der Waals surface area contributed by atoms with Gasteiger partial charge in [-0.15, -0.1) is 0 Å². The van der Waals surface area contributed by atoms with Gasteiger partial charge in [-0.05, 0) is 33.5 Å². The van der Waals surface area contributed by atoms with E-state index in [1.807, 2.05) is 0 Å². The molecular weight excluding hydrogens is 278 g/mol. The summed E-state index contributed by atoms with van der Waals surface area (Å²) in [6.45, 7) is 8.16. The maximum atomic E-state index is 13.8. The zero-order chi connectivity index (χ0) is 15.1. The van der Waals surface area contributed by atoms with Crippen molar-refractivity contribution >= 4 is 14.3 Å². The molecular formula is C11H20F2O5Si. The first-order valence-corrected chi connectivity index (χ1v) is 9.37. The van der Waals surface area contributed by atoms with Gasteiger partial charge < -0.3 is 19.0 Å². The maximum absolute atomic E-state index is 13.8. The monoisotopic (exact) mass is 298 g/mol. The molecule has 1 heterocycles. The summed E-state index contributed by atoms with van der Waals surface area (Å²) < 4.78 is 43.5. The van der Waals surface area contributed by atoms with Crippen LogP contribution in [0.3, 0.4) is 0 Å². The Labute approximate surface area is 112 Å². The molecule has 8 heteroatoms. The Hall–Kier alpha value is -0.573. The summed E-state index contributed by atoms with van der Waals surface area (Å²) in [7, 11) is -2.37. The summed E-state index contributed by atoms with van der Waals surface area (Å²) in [5.41, 5.74) is 0. The van der Waals surface area contributed by atoms with E-state index in [9.17, 15) is 13.6 Å². The molecule has 0 radical (unpaired) electrons. The van der Waals surface area contributed by atoms with E-state index in [0.29, 0.717) is 0 Å². The predicted octanol–water partition coefficient (Wildman–Crippen LogP) is 2.08. The molecule has 1 aliphatic rings. The zero-order valence-electron chi connectivity index (χ0n) is 11.7. The van der Waals surface area contributed by atoms with Gasteiger partial charge in [0.2, 0.25) is 0 Å². The number of rotatable bonds is 5. The van der Waals surface area contributed by atoms with Gasteiger partial charge in [-0.25, -0.2) is 4.79 Å². The van der Waals surface area contributed by atoms with Crippen LogP contribution in [0.1, 0.15) is 13.8 Å². The lowest BCUT2D eigenvalue weighted by Crippen LogP contribution is -2.54. The molecule has 1 fully saturated rings. The van der Waals surface area contributed by atoms with Crippen LogP contribution in [0.25, 0.3) is 0 Å². The minimum Gasteiger partial charge on any atom is -0.477 e. The normalized spacial score (nSPS) is 25.3. The highest BCUT2D eigenvalue weighted by molar-refractivity contribution is 6.69. The van der Waals surface area contributed by atoms with Gasteiger partial charge in [0.05, 0.1) is 6.61 Å². The van der Waals surface area contributed by atoms with Crippen LogP contribution in [0.5, 0.6) is 0 Å². The van der Waals surface area contributed by atoms with Gasteiger partial charge in [0.25, 0.3) is 0 Å². The Morgan fingerprint density at radius 1 is 1.47 bits per heavy atom. The van der Waals surface area contributed by atoms with Crippen LogP contribution in [0.15, 0.2) is 0 Å². The average Bonchev–Trinajstić information content (AvgIpc) is 2.53. The van der Waals surface area contributed by atoms with E-state index in [1.54, 1.807) is 33.5 Å². The number of carboxylic acids is 1. The Morgan fingerprint density at radius 3 is 2.32 bits per heavy atom. The number of hydrogen-bond donors (Lipinski definition) is 1. The van der Waals surface area contributed by atoms with Crippen molar-refractivity contribution in [2.75, 3.05) is 6.61 Å². The van der Waals surface area contributed by atoms with E-state index in [0.717, 1.165) is 0 Å². The second-order valence-electron chi connectivity index (χ2n) is 5.95. The number of alkyl halides is 2. The van der Waals surface area contributed by atoms with Crippen LogP contribution >= 0.6 is 0 Å². The third-order valence-electron chi connectivity index (χ3n) is 2.49. The zero-order valence-corrected chi connectivity index (χ0v) is 12.7. The van der Waals surface area contributed by atoms with E-state index >= 15 is 0 Å². The minimum absolute atomic E-state index is 0.120. The molecule has 5 nitrogen and oxygen atoms in total. The highest BCUT2D eigenvalue weighted by atomic mass is 28.4. The molecule has 0 aromatic heterocycles. The van der Waals surface area contributed by atoms with Crippen molar-refractivity contribution in [3.8, 4) is 0 Å². The lowest BCUT2D eigenvalue weighted by atomic mass is 10.1. The summed E-state index contributed by atoms with van der Waals surface area (Å²) in [5.74, 6) is -7.25. The Morgan fingerprint density at radius 2 is 2.00 bits per heavy atom. The van der Waals surface area contributed by atoms with Gasteiger partial charge in [-0.1, -0.05) is 0 Å². The first-order valence-electron chi connectivity index (χ1n) is 5.96. The Bertz CT molecular complexity index is 353. The van der Waals surface area contributed by atoms with Crippen molar-refractivity contribution in [1.29, 1.82) is 0 Å². The quantitative estimate of drug-likeness (QED) is 0.787. The van der Waals surface area contributed by atoms with E-state index in [-0.39, 0.29) is 6.61 Å². The molecule has 2 atom stereocenters. The van der Waals surface area contributed by atoms with Gasteiger partial charge >= 0.3 is 11.9 Å². The van der Waals surface area contributed by atoms with Gasteiger partial charge in [0.1, 0.15) is 12.2 Å². The number of carbonyl (C=O) groups is 1. The topological polar surface area (TPSA) is 65.0 Å². The highest BCUT2D eigenvalue weighted by Crippen LogP contribution is 2.34. The first-order chi connectivity index (χ1) is 8.35. The van der Waals surface area contributed by atoms with Crippen LogP contribution in [-0.4, -0.2) is 49.9 Å². The highest BCUT2D eigenvalue weighted by Gasteiger charge is 2.56. The first kappa shape index (κ1) is 16.5. The SMILES string of the molecule is CC1(C)OC[C@H]([C@@H](O[Si](C)(C)C)C(F)(F)C(=O)O)O1. The minimum atomic E-state index is -4.02. The fraction of sp³-hybridized carbons (Fsp3) is 0.909. The molecule has 112 valence electrons. The smallest absolute Gasteiger partial charge is 0.377 e. The summed E-state index contributed by atoms with van der Waals surface area (Å²) in [6, 6.07) is 0. The molecule has 1 N–H and O–H groups in total. The van der Waals surface area contributed by atoms with E-state index < -0.39 is 38.2 Å². The molecule has 0 aromatic carbocycles. The van der Waals surface area contributed by atoms with Crippen LogP contribution in [-0.2, 0) is 18.7 Å². The Balaban J connectivity index is 2.97. The largest absolute Gasteiger partial charge is 0.477 e. The fourth-order valence-corrected chi connectivity index (χ4v) is 2.81. The molecule has 1 aliphatic heterocycles. The molecule has 0 aliphatic carbocycles. The van der Waals surface area contributed by atoms with Crippen LogP contribution in [0, 0.1) is 0 Å². The van der Waals surface area contributed by atoms with Gasteiger partial charge in [-0.2, -0.15) is 8.78 Å². The second kappa shape index (κ2) is 5.08. The third-order valence-corrected chi connectivity index (χ3v) is 3.45. The second-order valence-corrected chi connectivity index (χ2v) is 10.4. The molecule has 19 heavy (non-hydrogen) atoms. The van der Waals surface area contributed by atoms with Crippen molar-refractivity contribution in [1.82, 2.24) is 0 Å². The number of ether oxygens (including phenoxy) is 2. The standard InChI is InChI=1S/C11H20F2O5Si/c1-10(2)16-6-7(17-10)8(18-19(3,4)5)11(12,13)9(14)15/h7-8H,6H2,1-5H3,(H,14,15)/t7-,8-/m1/s1. The van der Waals surface area contributed by atoms with Crippen molar-refractivity contribution in [2.24, 2.45) is 0 Å². The number of halogens is 2. The summed E-state index contributed by atoms with van der Waals surface area (Å²) in [5, 5.41) is 8.69. The number of hydrogen-bond acceptors (Lipinski definition) is 4. The molecule has 0 aromatic rings. The molecule has 0 spiro atoms. The van der Waals surface area contributed by atoms with Crippen molar-refractivity contribution in [2.45, 2.75) is 57.4 Å². The fourth-order valence-electron chi connectivity index (χ4n) is 1.75. The van der Waals surface area contributed by atoms with Crippen molar-refractivity contribution < 1.29 is 32.6 Å². The average molecular weight is 298 g/mol. The third kappa shape index (κ3) is 4.20. The molecule has 0 bridgehead atoms. The molecule has 0 saturated carbocycles. The number of carboxylic acid groups (broad SMARTS) is 1. The van der Waals surface area contributed by atoms with E-state index in [1.165, 1.54) is 0 Å². The lowest BCUT2D eigenvalue weighted by Gasteiger charge is -2.33. The predicted molar refractivity (Wildman–Crippen MR) is 65.7 cm³/mol. The van der Waals surface area contributed by atoms with Gasteiger partial charge in [-0.3, -0.25) is 0 Å². The van der Waals surface area contributed by atoms with Crippen molar-refractivity contribution in [3.63, 3.8) is 0 Å². The van der Waals surface area contributed by atoms with E-state index in [4.69, 9.17) is 19.0 Å². The summed E-state index contributed by atoms with van der Waals surface area (Å²) >= 11 is 0.